The number of nitrogens with zero attached hydrogens (tertiary/aromatic N) is 2. The molecule has 118 valence electrons. The Bertz CT molecular complexity index is 701. The van der Waals surface area contributed by atoms with Crippen LogP contribution in [0, 0.1) is 0 Å². The average molecular weight is 307 g/mol. The monoisotopic (exact) mass is 307 g/mol. The fourth-order valence-corrected chi connectivity index (χ4v) is 3.65. The van der Waals surface area contributed by atoms with E-state index in [4.69, 9.17) is 0 Å². The number of rotatable bonds is 2. The van der Waals surface area contributed by atoms with Crippen LogP contribution in [0.1, 0.15) is 18.4 Å². The van der Waals surface area contributed by atoms with E-state index in [-0.39, 0.29) is 6.03 Å². The van der Waals surface area contributed by atoms with Gasteiger partial charge in [-0.3, -0.25) is 4.90 Å². The first-order valence-electron chi connectivity index (χ1n) is 8.28. The molecule has 4 rings (SSSR count). The Morgan fingerprint density at radius 3 is 2.61 bits per heavy atom. The maximum atomic E-state index is 12.7. The van der Waals surface area contributed by atoms with Gasteiger partial charge in [-0.15, -0.1) is 0 Å². The summed E-state index contributed by atoms with van der Waals surface area (Å²) in [6.45, 7) is 2.44. The summed E-state index contributed by atoms with van der Waals surface area (Å²) in [5.41, 5.74) is 3.33. The zero-order valence-electron chi connectivity index (χ0n) is 13.1. The van der Waals surface area contributed by atoms with Crippen molar-refractivity contribution in [1.82, 2.24) is 5.32 Å². The molecule has 1 fully saturated rings. The number of urea groups is 1. The molecule has 23 heavy (non-hydrogen) atoms. The minimum atomic E-state index is -0.00662. The molecule has 4 nitrogen and oxygen atoms in total. The molecule has 0 aliphatic carbocycles. The number of nitrogens with one attached hydrogen (secondary N) is 1. The summed E-state index contributed by atoms with van der Waals surface area (Å²) in [6, 6.07) is 18.7. The van der Waals surface area contributed by atoms with E-state index in [1.54, 1.807) is 0 Å². The van der Waals surface area contributed by atoms with Crippen LogP contribution in [-0.2, 0) is 6.54 Å². The summed E-state index contributed by atoms with van der Waals surface area (Å²) in [4.78, 5) is 17.1. The summed E-state index contributed by atoms with van der Waals surface area (Å²) < 4.78 is 0. The number of fused-ring (bicyclic) bond motifs is 3. The Morgan fingerprint density at radius 2 is 1.78 bits per heavy atom. The van der Waals surface area contributed by atoms with Gasteiger partial charge in [0.05, 0.1) is 11.4 Å². The van der Waals surface area contributed by atoms with Gasteiger partial charge in [0.2, 0.25) is 0 Å². The molecule has 0 bridgehead atoms. The highest BCUT2D eigenvalue weighted by molar-refractivity contribution is 5.97. The van der Waals surface area contributed by atoms with Gasteiger partial charge in [0.15, 0.2) is 0 Å². The first-order valence-corrected chi connectivity index (χ1v) is 8.28. The van der Waals surface area contributed by atoms with Gasteiger partial charge >= 0.3 is 6.03 Å². The smallest absolute Gasteiger partial charge is 0.322 e. The molecule has 2 aliphatic rings. The number of carbonyl (C=O) groups is 1. The molecule has 0 spiro atoms. The molecule has 1 N–H and O–H groups in total. The summed E-state index contributed by atoms with van der Waals surface area (Å²) in [6.07, 6.45) is 2.37. The van der Waals surface area contributed by atoms with E-state index in [1.807, 2.05) is 47.4 Å². The van der Waals surface area contributed by atoms with Crippen LogP contribution >= 0.6 is 0 Å². The maximum absolute atomic E-state index is 12.7. The van der Waals surface area contributed by atoms with E-state index in [0.717, 1.165) is 30.8 Å². The highest BCUT2D eigenvalue weighted by Gasteiger charge is 2.35. The van der Waals surface area contributed by atoms with Crippen LogP contribution in [0.4, 0.5) is 16.2 Å². The Morgan fingerprint density at radius 1 is 1.04 bits per heavy atom. The number of carbonyl (C=O) groups excluding carboxylic acids is 1. The molecule has 1 saturated heterocycles. The Balaban J connectivity index is 1.54. The normalized spacial score (nSPS) is 19.2. The second-order valence-electron chi connectivity index (χ2n) is 6.23. The fourth-order valence-electron chi connectivity index (χ4n) is 3.65. The highest BCUT2D eigenvalue weighted by atomic mass is 16.2. The summed E-state index contributed by atoms with van der Waals surface area (Å²) in [7, 11) is 0. The van der Waals surface area contributed by atoms with Gasteiger partial charge in [-0.1, -0.05) is 42.5 Å². The zero-order valence-corrected chi connectivity index (χ0v) is 13.1. The number of hydrogen-bond donors (Lipinski definition) is 1. The standard InChI is InChI=1S/C19H21N3O/c23-19(20-13-15-7-2-1-3-8-15)22-14-16-9-6-12-21(16)17-10-4-5-11-18(17)22/h1-5,7-8,10-11,16H,6,9,12-14H2,(H,20,23). The average Bonchev–Trinajstić information content (AvgIpc) is 3.09. The van der Waals surface area contributed by atoms with Gasteiger partial charge in [-0.05, 0) is 30.5 Å². The number of anilines is 2. The zero-order chi connectivity index (χ0) is 15.6. The van der Waals surface area contributed by atoms with E-state index in [1.165, 1.54) is 12.1 Å². The minimum absolute atomic E-state index is 0.00662. The second-order valence-corrected chi connectivity index (χ2v) is 6.23. The van der Waals surface area contributed by atoms with E-state index in [9.17, 15) is 4.79 Å². The lowest BCUT2D eigenvalue weighted by atomic mass is 10.1. The third-order valence-corrected chi connectivity index (χ3v) is 4.78. The van der Waals surface area contributed by atoms with Crippen molar-refractivity contribution in [3.05, 3.63) is 60.2 Å². The van der Waals surface area contributed by atoms with Crippen molar-refractivity contribution in [2.45, 2.75) is 25.4 Å². The maximum Gasteiger partial charge on any atom is 0.322 e. The lowest BCUT2D eigenvalue weighted by Crippen LogP contribution is -2.51. The number of hydrogen-bond acceptors (Lipinski definition) is 2. The van der Waals surface area contributed by atoms with Crippen molar-refractivity contribution in [2.24, 2.45) is 0 Å². The van der Waals surface area contributed by atoms with E-state index < -0.39 is 0 Å². The van der Waals surface area contributed by atoms with Crippen LogP contribution in [0.25, 0.3) is 0 Å². The van der Waals surface area contributed by atoms with Crippen molar-refractivity contribution in [1.29, 1.82) is 0 Å². The third kappa shape index (κ3) is 2.65. The SMILES string of the molecule is O=C(NCc1ccccc1)N1CC2CCCN2c2ccccc21. The lowest BCUT2D eigenvalue weighted by Gasteiger charge is -2.40. The van der Waals surface area contributed by atoms with Gasteiger partial charge in [0.25, 0.3) is 0 Å². The molecule has 2 aromatic rings. The van der Waals surface area contributed by atoms with Crippen LogP contribution in [0.15, 0.2) is 54.6 Å². The summed E-state index contributed by atoms with van der Waals surface area (Å²) >= 11 is 0. The third-order valence-electron chi connectivity index (χ3n) is 4.78. The first-order chi connectivity index (χ1) is 11.3. The second kappa shape index (κ2) is 5.95. The Hall–Kier alpha value is -2.49. The van der Waals surface area contributed by atoms with Crippen molar-refractivity contribution in [3.63, 3.8) is 0 Å². The molecule has 2 heterocycles. The predicted octanol–water partition coefficient (Wildman–Crippen LogP) is 3.39. The molecule has 0 radical (unpaired) electrons. The quantitative estimate of drug-likeness (QED) is 0.923. The molecule has 2 aliphatic heterocycles. The van der Waals surface area contributed by atoms with Gasteiger partial charge in [0.1, 0.15) is 0 Å². The minimum Gasteiger partial charge on any atom is -0.365 e. The molecule has 0 saturated carbocycles. The number of amides is 2. The largest absolute Gasteiger partial charge is 0.365 e. The van der Waals surface area contributed by atoms with Gasteiger partial charge in [-0.2, -0.15) is 0 Å². The number of benzene rings is 2. The summed E-state index contributed by atoms with van der Waals surface area (Å²) in [5, 5.41) is 3.06. The van der Waals surface area contributed by atoms with E-state index in [0.29, 0.717) is 12.6 Å². The molecular formula is C19H21N3O. The molecule has 1 atom stereocenters. The van der Waals surface area contributed by atoms with Crippen molar-refractivity contribution in [2.75, 3.05) is 22.9 Å². The van der Waals surface area contributed by atoms with Crippen molar-refractivity contribution < 1.29 is 4.79 Å². The van der Waals surface area contributed by atoms with E-state index >= 15 is 0 Å². The van der Waals surface area contributed by atoms with Gasteiger partial charge < -0.3 is 10.2 Å². The molecular weight excluding hydrogens is 286 g/mol. The van der Waals surface area contributed by atoms with E-state index in [2.05, 4.69) is 22.3 Å². The van der Waals surface area contributed by atoms with Crippen LogP contribution < -0.4 is 15.1 Å². The molecule has 2 aromatic carbocycles. The molecule has 2 amide bonds. The fraction of sp³-hybridized carbons (Fsp3) is 0.316. The molecule has 1 unspecified atom stereocenters. The Kier molecular flexibility index (Phi) is 3.66. The van der Waals surface area contributed by atoms with Crippen LogP contribution in [0.3, 0.4) is 0 Å². The molecule has 0 aromatic heterocycles. The Labute approximate surface area is 136 Å². The van der Waals surface area contributed by atoms with Crippen molar-refractivity contribution in [3.8, 4) is 0 Å². The summed E-state index contributed by atoms with van der Waals surface area (Å²) in [5.74, 6) is 0. The topological polar surface area (TPSA) is 35.6 Å². The number of para-hydroxylation sites is 2. The van der Waals surface area contributed by atoms with Gasteiger partial charge in [0, 0.05) is 25.7 Å². The van der Waals surface area contributed by atoms with Crippen LogP contribution in [-0.4, -0.2) is 25.2 Å². The first kappa shape index (κ1) is 14.1. The predicted molar refractivity (Wildman–Crippen MR) is 92.8 cm³/mol. The van der Waals surface area contributed by atoms with Gasteiger partial charge in [-0.25, -0.2) is 4.79 Å². The highest BCUT2D eigenvalue weighted by Crippen LogP contribution is 2.39. The van der Waals surface area contributed by atoms with Crippen LogP contribution in [0.5, 0.6) is 0 Å². The molecule has 4 heteroatoms. The van der Waals surface area contributed by atoms with Crippen molar-refractivity contribution >= 4 is 17.4 Å². The van der Waals surface area contributed by atoms with Crippen LogP contribution in [0.2, 0.25) is 0 Å². The lowest BCUT2D eigenvalue weighted by molar-refractivity contribution is 0.245.